The second-order valence-corrected chi connectivity index (χ2v) is 2.84. The van der Waals surface area contributed by atoms with E-state index in [9.17, 15) is 5.11 Å². The van der Waals surface area contributed by atoms with E-state index in [4.69, 9.17) is 10.8 Å². The Morgan fingerprint density at radius 1 is 1.36 bits per heavy atom. The molecule has 14 heavy (non-hydrogen) atoms. The van der Waals surface area contributed by atoms with Crippen molar-refractivity contribution >= 4 is 0 Å². The number of aliphatic hydroxyl groups is 1. The van der Waals surface area contributed by atoms with E-state index in [1.807, 2.05) is 0 Å². The Kier molecular flexibility index (Phi) is 3.99. The number of hydrogen-bond donors (Lipinski definition) is 3. The second kappa shape index (κ2) is 5.28. The minimum atomic E-state index is -0.182. The summed E-state index contributed by atoms with van der Waals surface area (Å²) in [6.07, 6.45) is 0.648. The van der Waals surface area contributed by atoms with Crippen LogP contribution in [-0.4, -0.2) is 16.8 Å². The summed E-state index contributed by atoms with van der Waals surface area (Å²) in [4.78, 5) is 0. The van der Waals surface area contributed by atoms with Gasteiger partial charge in [0.15, 0.2) is 0 Å². The normalized spacial score (nSPS) is 9.29. The first-order chi connectivity index (χ1) is 6.77. The molecule has 3 nitrogen and oxygen atoms in total. The molecule has 0 bridgehead atoms. The molecule has 0 aromatic heterocycles. The van der Waals surface area contributed by atoms with Crippen LogP contribution in [0.3, 0.4) is 0 Å². The van der Waals surface area contributed by atoms with Crippen LogP contribution in [0.1, 0.15) is 17.5 Å². The summed E-state index contributed by atoms with van der Waals surface area (Å²) in [5.74, 6) is 5.87. The predicted molar refractivity (Wildman–Crippen MR) is 54.6 cm³/mol. The summed E-state index contributed by atoms with van der Waals surface area (Å²) >= 11 is 0. The van der Waals surface area contributed by atoms with Crippen molar-refractivity contribution in [1.29, 1.82) is 0 Å². The van der Waals surface area contributed by atoms with Crippen LogP contribution in [-0.2, 0) is 6.61 Å². The van der Waals surface area contributed by atoms with Gasteiger partial charge in [-0.15, -0.1) is 0 Å². The van der Waals surface area contributed by atoms with Crippen LogP contribution in [0.25, 0.3) is 0 Å². The molecule has 0 fully saturated rings. The topological polar surface area (TPSA) is 66.5 Å². The maximum absolute atomic E-state index is 9.28. The van der Waals surface area contributed by atoms with Crippen LogP contribution < -0.4 is 5.73 Å². The molecule has 1 aromatic rings. The molecule has 0 heterocycles. The summed E-state index contributed by atoms with van der Waals surface area (Å²) in [6.45, 7) is 0.357. The summed E-state index contributed by atoms with van der Waals surface area (Å²) in [6, 6.07) is 4.90. The van der Waals surface area contributed by atoms with Crippen LogP contribution in [0, 0.1) is 11.8 Å². The summed E-state index contributed by atoms with van der Waals surface area (Å²) in [5, 5.41) is 18.2. The van der Waals surface area contributed by atoms with Gasteiger partial charge in [0.2, 0.25) is 0 Å². The first-order valence-corrected chi connectivity index (χ1v) is 4.39. The van der Waals surface area contributed by atoms with Crippen molar-refractivity contribution in [3.05, 3.63) is 29.3 Å². The van der Waals surface area contributed by atoms with E-state index in [-0.39, 0.29) is 12.4 Å². The Hall–Kier alpha value is -1.50. The Morgan fingerprint density at radius 3 is 2.79 bits per heavy atom. The molecule has 0 amide bonds. The molecular formula is C11H13NO2. The fourth-order valence-corrected chi connectivity index (χ4v) is 1.03. The number of phenols is 1. The number of benzene rings is 1. The van der Waals surface area contributed by atoms with Crippen molar-refractivity contribution in [3.63, 3.8) is 0 Å². The van der Waals surface area contributed by atoms with Gasteiger partial charge >= 0.3 is 0 Å². The summed E-state index contributed by atoms with van der Waals surface area (Å²) in [5.41, 5.74) is 6.56. The van der Waals surface area contributed by atoms with Crippen molar-refractivity contribution in [2.24, 2.45) is 5.73 Å². The third kappa shape index (κ3) is 2.77. The van der Waals surface area contributed by atoms with Crippen molar-refractivity contribution in [3.8, 4) is 17.6 Å². The van der Waals surface area contributed by atoms with Crippen LogP contribution in [0.5, 0.6) is 5.75 Å². The predicted octanol–water partition coefficient (Wildman–Crippen LogP) is 0.585. The van der Waals surface area contributed by atoms with E-state index < -0.39 is 0 Å². The number of hydrogen-bond acceptors (Lipinski definition) is 3. The summed E-state index contributed by atoms with van der Waals surface area (Å²) in [7, 11) is 0. The van der Waals surface area contributed by atoms with Gasteiger partial charge in [-0.05, 0) is 18.2 Å². The maximum Gasteiger partial charge on any atom is 0.121 e. The number of aromatic hydroxyl groups is 1. The van der Waals surface area contributed by atoms with Gasteiger partial charge in [0.25, 0.3) is 0 Å². The van der Waals surface area contributed by atoms with Gasteiger partial charge in [-0.1, -0.05) is 11.8 Å². The highest BCUT2D eigenvalue weighted by Gasteiger charge is 1.99. The van der Waals surface area contributed by atoms with E-state index >= 15 is 0 Å². The maximum atomic E-state index is 9.28. The van der Waals surface area contributed by atoms with E-state index in [0.717, 1.165) is 5.56 Å². The molecule has 4 N–H and O–H groups in total. The van der Waals surface area contributed by atoms with Crippen molar-refractivity contribution in [2.45, 2.75) is 13.0 Å². The molecule has 1 rings (SSSR count). The first kappa shape index (κ1) is 10.6. The van der Waals surface area contributed by atoms with Gasteiger partial charge in [-0.25, -0.2) is 0 Å². The molecule has 3 heteroatoms. The SMILES string of the molecule is NCCC#Cc1ccc(O)c(CO)c1. The lowest BCUT2D eigenvalue weighted by molar-refractivity contribution is 0.275. The molecule has 74 valence electrons. The molecule has 1 aromatic carbocycles. The van der Waals surface area contributed by atoms with Crippen LogP contribution in [0.15, 0.2) is 18.2 Å². The number of nitrogens with two attached hydrogens (primary N) is 1. The third-order valence-corrected chi connectivity index (χ3v) is 1.75. The molecule has 0 aliphatic heterocycles. The lowest BCUT2D eigenvalue weighted by Gasteiger charge is -2.00. The van der Waals surface area contributed by atoms with Crippen LogP contribution in [0.4, 0.5) is 0 Å². The van der Waals surface area contributed by atoms with Gasteiger partial charge in [-0.2, -0.15) is 0 Å². The minimum absolute atomic E-state index is 0.0943. The summed E-state index contributed by atoms with van der Waals surface area (Å²) < 4.78 is 0. The fourth-order valence-electron chi connectivity index (χ4n) is 1.03. The van der Waals surface area contributed by atoms with E-state index in [2.05, 4.69) is 11.8 Å². The van der Waals surface area contributed by atoms with Crippen molar-refractivity contribution in [1.82, 2.24) is 0 Å². The zero-order valence-corrected chi connectivity index (χ0v) is 7.83. The average Bonchev–Trinajstić information content (AvgIpc) is 2.21. The van der Waals surface area contributed by atoms with Crippen LogP contribution >= 0.6 is 0 Å². The van der Waals surface area contributed by atoms with Gasteiger partial charge in [0, 0.05) is 24.1 Å². The zero-order valence-electron chi connectivity index (χ0n) is 7.83. The third-order valence-electron chi connectivity index (χ3n) is 1.75. The molecule has 0 aliphatic carbocycles. The Labute approximate surface area is 83.2 Å². The largest absolute Gasteiger partial charge is 0.508 e. The number of aliphatic hydroxyl groups excluding tert-OH is 1. The molecule has 0 saturated carbocycles. The molecule has 0 spiro atoms. The average molecular weight is 191 g/mol. The minimum Gasteiger partial charge on any atom is -0.508 e. The Balaban J connectivity index is 2.86. The molecule has 0 unspecified atom stereocenters. The van der Waals surface area contributed by atoms with Crippen LogP contribution in [0.2, 0.25) is 0 Å². The quantitative estimate of drug-likeness (QED) is 0.599. The fraction of sp³-hybridized carbons (Fsp3) is 0.273. The van der Waals surface area contributed by atoms with E-state index in [0.29, 0.717) is 18.5 Å². The smallest absolute Gasteiger partial charge is 0.121 e. The molecule has 0 radical (unpaired) electrons. The van der Waals surface area contributed by atoms with Gasteiger partial charge in [0.1, 0.15) is 5.75 Å². The molecule has 0 aliphatic rings. The lowest BCUT2D eigenvalue weighted by atomic mass is 10.1. The Morgan fingerprint density at radius 2 is 2.14 bits per heavy atom. The first-order valence-electron chi connectivity index (χ1n) is 4.39. The Bertz CT molecular complexity index is 363. The van der Waals surface area contributed by atoms with Gasteiger partial charge < -0.3 is 15.9 Å². The van der Waals surface area contributed by atoms with Gasteiger partial charge in [-0.3, -0.25) is 0 Å². The second-order valence-electron chi connectivity index (χ2n) is 2.84. The van der Waals surface area contributed by atoms with E-state index in [1.165, 1.54) is 6.07 Å². The van der Waals surface area contributed by atoms with Gasteiger partial charge in [0.05, 0.1) is 6.61 Å². The lowest BCUT2D eigenvalue weighted by Crippen LogP contribution is -1.95. The zero-order chi connectivity index (χ0) is 10.4. The highest BCUT2D eigenvalue weighted by Crippen LogP contribution is 2.17. The molecular weight excluding hydrogens is 178 g/mol. The van der Waals surface area contributed by atoms with E-state index in [1.54, 1.807) is 12.1 Å². The highest BCUT2D eigenvalue weighted by atomic mass is 16.3. The van der Waals surface area contributed by atoms with Crippen molar-refractivity contribution < 1.29 is 10.2 Å². The highest BCUT2D eigenvalue weighted by molar-refractivity contribution is 5.43. The molecule has 0 atom stereocenters. The monoisotopic (exact) mass is 191 g/mol. The van der Waals surface area contributed by atoms with Crippen molar-refractivity contribution in [2.75, 3.05) is 6.54 Å². The standard InChI is InChI=1S/C11H13NO2/c12-6-2-1-3-9-4-5-11(14)10(7-9)8-13/h4-5,7,13-14H,2,6,8,12H2. The molecule has 0 saturated heterocycles. The number of rotatable bonds is 2.